The molecule has 2 aromatic carbocycles. The Morgan fingerprint density at radius 3 is 2.39 bits per heavy atom. The van der Waals surface area contributed by atoms with Crippen LogP contribution in [0.3, 0.4) is 0 Å². The molecule has 3 rings (SSSR count). The highest BCUT2D eigenvalue weighted by Gasteiger charge is 2.20. The first kappa shape index (κ1) is 20.3. The van der Waals surface area contributed by atoms with Crippen molar-refractivity contribution in [3.05, 3.63) is 71.6 Å². The number of halogens is 2. The van der Waals surface area contributed by atoms with Crippen molar-refractivity contribution in [3.8, 4) is 5.75 Å². The fourth-order valence-corrected chi connectivity index (χ4v) is 3.71. The van der Waals surface area contributed by atoms with Gasteiger partial charge in [0.15, 0.2) is 17.1 Å². The van der Waals surface area contributed by atoms with Crippen molar-refractivity contribution >= 4 is 11.8 Å². The maximum Gasteiger partial charge on any atom is 0.191 e. The number of ether oxygens (including phenoxy) is 1. The molecule has 1 unspecified atom stereocenters. The van der Waals surface area contributed by atoms with Crippen LogP contribution in [0.5, 0.6) is 5.75 Å². The zero-order chi connectivity index (χ0) is 20.1. The second kappa shape index (κ2) is 9.19. The minimum Gasteiger partial charge on any atom is -0.483 e. The van der Waals surface area contributed by atoms with Crippen molar-refractivity contribution in [1.29, 1.82) is 0 Å². The second-order valence-corrected chi connectivity index (χ2v) is 7.88. The number of thioether (sulfide) groups is 1. The van der Waals surface area contributed by atoms with Crippen molar-refractivity contribution < 1.29 is 13.5 Å². The molecule has 3 aromatic rings. The summed E-state index contributed by atoms with van der Waals surface area (Å²) in [4.78, 5) is 0. The Morgan fingerprint density at radius 2 is 1.71 bits per heavy atom. The zero-order valence-electron chi connectivity index (χ0n) is 16.1. The molecule has 0 spiro atoms. The Hall–Kier alpha value is -2.41. The zero-order valence-corrected chi connectivity index (χ0v) is 16.9. The van der Waals surface area contributed by atoms with Gasteiger partial charge in [0.05, 0.1) is 0 Å². The largest absolute Gasteiger partial charge is 0.483 e. The molecule has 0 saturated carbocycles. The fraction of sp³-hybridized carbons (Fsp3) is 0.333. The van der Waals surface area contributed by atoms with Crippen molar-refractivity contribution in [2.75, 3.05) is 0 Å². The van der Waals surface area contributed by atoms with E-state index < -0.39 is 0 Å². The normalized spacial score (nSPS) is 12.4. The SMILES string of the molecule is CC(C)Cn1c(SCc2ccccc2F)nnc1C(C)Oc1ccc(F)cc1. The summed E-state index contributed by atoms with van der Waals surface area (Å²) in [6, 6.07) is 12.6. The predicted molar refractivity (Wildman–Crippen MR) is 106 cm³/mol. The van der Waals surface area contributed by atoms with Crippen LogP contribution in [0.25, 0.3) is 0 Å². The van der Waals surface area contributed by atoms with Crippen molar-refractivity contribution in [3.63, 3.8) is 0 Å². The van der Waals surface area contributed by atoms with E-state index in [0.717, 1.165) is 11.7 Å². The highest BCUT2D eigenvalue weighted by molar-refractivity contribution is 7.98. The summed E-state index contributed by atoms with van der Waals surface area (Å²) in [5.41, 5.74) is 0.628. The third-order valence-corrected chi connectivity index (χ3v) is 5.11. The molecule has 0 fully saturated rings. The molecule has 0 radical (unpaired) electrons. The van der Waals surface area contributed by atoms with Gasteiger partial charge >= 0.3 is 0 Å². The lowest BCUT2D eigenvalue weighted by Gasteiger charge is -2.18. The van der Waals surface area contributed by atoms with Gasteiger partial charge in [-0.05, 0) is 48.7 Å². The van der Waals surface area contributed by atoms with E-state index in [2.05, 4.69) is 24.0 Å². The van der Waals surface area contributed by atoms with E-state index in [-0.39, 0.29) is 17.7 Å². The minimum atomic E-state index is -0.362. The molecule has 0 saturated heterocycles. The average Bonchev–Trinajstić information content (AvgIpc) is 3.05. The van der Waals surface area contributed by atoms with E-state index in [9.17, 15) is 8.78 Å². The quantitative estimate of drug-likeness (QED) is 0.456. The van der Waals surface area contributed by atoms with Crippen LogP contribution in [0.2, 0.25) is 0 Å². The summed E-state index contributed by atoms with van der Waals surface area (Å²) in [5.74, 6) is 1.56. The Bertz CT molecular complexity index is 912. The molecule has 28 heavy (non-hydrogen) atoms. The number of rotatable bonds is 8. The molecule has 7 heteroatoms. The number of hydrogen-bond acceptors (Lipinski definition) is 4. The Kier molecular flexibility index (Phi) is 6.67. The topological polar surface area (TPSA) is 39.9 Å². The molecule has 1 aromatic heterocycles. The summed E-state index contributed by atoms with van der Waals surface area (Å²) < 4.78 is 34.9. The fourth-order valence-electron chi connectivity index (χ4n) is 2.77. The van der Waals surface area contributed by atoms with E-state index in [4.69, 9.17) is 4.74 Å². The standard InChI is InChI=1S/C21H23F2N3OS/c1-14(2)12-26-20(15(3)27-18-10-8-17(22)9-11-18)24-25-21(26)28-13-16-6-4-5-7-19(16)23/h4-11,14-15H,12-13H2,1-3H3. The molecular weight excluding hydrogens is 380 g/mol. The first-order valence-electron chi connectivity index (χ1n) is 9.15. The molecule has 0 amide bonds. The molecule has 1 heterocycles. The molecule has 0 aliphatic carbocycles. The molecule has 0 aliphatic rings. The second-order valence-electron chi connectivity index (χ2n) is 6.94. The molecule has 148 valence electrons. The number of benzene rings is 2. The van der Waals surface area contributed by atoms with E-state index in [1.54, 1.807) is 24.3 Å². The van der Waals surface area contributed by atoms with Crippen LogP contribution in [0.4, 0.5) is 8.78 Å². The van der Waals surface area contributed by atoms with Gasteiger partial charge in [-0.15, -0.1) is 10.2 Å². The highest BCUT2D eigenvalue weighted by Crippen LogP contribution is 2.28. The molecule has 4 nitrogen and oxygen atoms in total. The summed E-state index contributed by atoms with van der Waals surface area (Å²) in [5, 5.41) is 9.34. The molecule has 0 aliphatic heterocycles. The Balaban J connectivity index is 1.79. The van der Waals surface area contributed by atoms with Gasteiger partial charge in [0.1, 0.15) is 17.4 Å². The summed E-state index contributed by atoms with van der Waals surface area (Å²) in [6.07, 6.45) is -0.362. The van der Waals surface area contributed by atoms with E-state index in [1.165, 1.54) is 30.0 Å². The van der Waals surface area contributed by atoms with Crippen LogP contribution in [-0.2, 0) is 12.3 Å². The highest BCUT2D eigenvalue weighted by atomic mass is 32.2. The third-order valence-electron chi connectivity index (χ3n) is 4.10. The first-order chi connectivity index (χ1) is 13.4. The number of aromatic nitrogens is 3. The van der Waals surface area contributed by atoms with Crippen LogP contribution in [-0.4, -0.2) is 14.8 Å². The van der Waals surface area contributed by atoms with Gasteiger partial charge in [0.2, 0.25) is 0 Å². The number of nitrogens with zero attached hydrogens (tertiary/aromatic N) is 3. The van der Waals surface area contributed by atoms with Crippen molar-refractivity contribution in [2.24, 2.45) is 5.92 Å². The van der Waals surface area contributed by atoms with Gasteiger partial charge in [-0.2, -0.15) is 0 Å². The maximum absolute atomic E-state index is 13.9. The third kappa shape index (κ3) is 5.10. The van der Waals surface area contributed by atoms with E-state index in [1.807, 2.05) is 17.6 Å². The smallest absolute Gasteiger partial charge is 0.191 e. The van der Waals surface area contributed by atoms with Gasteiger partial charge < -0.3 is 9.30 Å². The summed E-state index contributed by atoms with van der Waals surface area (Å²) in [6.45, 7) is 6.83. The average molecular weight is 403 g/mol. The monoisotopic (exact) mass is 403 g/mol. The lowest BCUT2D eigenvalue weighted by atomic mass is 10.2. The lowest BCUT2D eigenvalue weighted by molar-refractivity contribution is 0.207. The Morgan fingerprint density at radius 1 is 1.00 bits per heavy atom. The van der Waals surface area contributed by atoms with Gasteiger partial charge in [-0.25, -0.2) is 8.78 Å². The maximum atomic E-state index is 13.9. The molecular formula is C21H23F2N3OS. The van der Waals surface area contributed by atoms with Gasteiger partial charge in [-0.3, -0.25) is 0 Å². The minimum absolute atomic E-state index is 0.224. The van der Waals surface area contributed by atoms with E-state index in [0.29, 0.717) is 28.8 Å². The molecule has 0 bridgehead atoms. The van der Waals surface area contributed by atoms with Gasteiger partial charge in [0, 0.05) is 12.3 Å². The number of hydrogen-bond donors (Lipinski definition) is 0. The van der Waals surface area contributed by atoms with Crippen molar-refractivity contribution in [1.82, 2.24) is 14.8 Å². The van der Waals surface area contributed by atoms with Gasteiger partial charge in [0.25, 0.3) is 0 Å². The van der Waals surface area contributed by atoms with Crippen LogP contribution in [0.15, 0.2) is 53.7 Å². The van der Waals surface area contributed by atoms with Crippen molar-refractivity contribution in [2.45, 2.75) is 44.3 Å². The molecule has 1 atom stereocenters. The first-order valence-corrected chi connectivity index (χ1v) is 10.1. The summed E-state index contributed by atoms with van der Waals surface area (Å²) in [7, 11) is 0. The van der Waals surface area contributed by atoms with Crippen LogP contribution in [0, 0.1) is 17.6 Å². The van der Waals surface area contributed by atoms with Crippen LogP contribution in [0.1, 0.15) is 38.3 Å². The molecule has 0 N–H and O–H groups in total. The predicted octanol–water partition coefficient (Wildman–Crippen LogP) is 5.64. The Labute approximate surface area is 167 Å². The van der Waals surface area contributed by atoms with Gasteiger partial charge in [-0.1, -0.05) is 43.8 Å². The van der Waals surface area contributed by atoms with Crippen LogP contribution >= 0.6 is 11.8 Å². The van der Waals surface area contributed by atoms with Crippen LogP contribution < -0.4 is 4.74 Å². The lowest BCUT2D eigenvalue weighted by Crippen LogP contribution is -2.15. The summed E-state index contributed by atoms with van der Waals surface area (Å²) >= 11 is 1.45. The van der Waals surface area contributed by atoms with E-state index >= 15 is 0 Å².